The molecule has 108 valence electrons. The summed E-state index contributed by atoms with van der Waals surface area (Å²) in [6, 6.07) is 3.60. The van der Waals surface area contributed by atoms with Crippen molar-refractivity contribution in [1.29, 1.82) is 0 Å². The van der Waals surface area contributed by atoms with E-state index < -0.39 is 22.4 Å². The highest BCUT2D eigenvalue weighted by Gasteiger charge is 2.26. The van der Waals surface area contributed by atoms with Crippen LogP contribution in [0, 0.1) is 10.1 Å². The number of rotatable bonds is 6. The van der Waals surface area contributed by atoms with Crippen molar-refractivity contribution in [3.63, 3.8) is 0 Å². The van der Waals surface area contributed by atoms with Crippen LogP contribution in [0.25, 0.3) is 0 Å². The summed E-state index contributed by atoms with van der Waals surface area (Å²) < 4.78 is 0. The van der Waals surface area contributed by atoms with Crippen LogP contribution in [0.3, 0.4) is 0 Å². The van der Waals surface area contributed by atoms with Crippen molar-refractivity contribution in [1.82, 2.24) is 5.32 Å². The van der Waals surface area contributed by atoms with Crippen molar-refractivity contribution < 1.29 is 14.5 Å². The van der Waals surface area contributed by atoms with E-state index in [9.17, 15) is 19.7 Å². The fourth-order valence-corrected chi connectivity index (χ4v) is 2.31. The number of nitro groups is 1. The number of thioether (sulfide) groups is 1. The fraction of sp³-hybridized carbons (Fsp3) is 0.333. The number of hydrogen-bond donors (Lipinski definition) is 2. The first kappa shape index (κ1) is 16.0. The summed E-state index contributed by atoms with van der Waals surface area (Å²) in [5.74, 6) is -0.901. The lowest BCUT2D eigenvalue weighted by Crippen LogP contribution is -2.36. The molecule has 2 amide bonds. The number of carbonyl (C=O) groups is 2. The average Bonchev–Trinajstić information content (AvgIpc) is 2.37. The first-order valence-corrected chi connectivity index (χ1v) is 7.14. The predicted octanol–water partition coefficient (Wildman–Crippen LogP) is 1.17. The van der Waals surface area contributed by atoms with Gasteiger partial charge in [0.05, 0.1) is 10.5 Å². The molecule has 1 rings (SSSR count). The summed E-state index contributed by atoms with van der Waals surface area (Å²) in [6.07, 6.45) is 1.88. The molecule has 3 N–H and O–H groups in total. The summed E-state index contributed by atoms with van der Waals surface area (Å²) in [5, 5.41) is 13.6. The largest absolute Gasteiger partial charge is 0.366 e. The molecular weight excluding hydrogens is 282 g/mol. The van der Waals surface area contributed by atoms with Gasteiger partial charge in [0.25, 0.3) is 11.6 Å². The van der Waals surface area contributed by atoms with E-state index in [1.165, 1.54) is 30.0 Å². The van der Waals surface area contributed by atoms with E-state index in [2.05, 4.69) is 5.32 Å². The van der Waals surface area contributed by atoms with Crippen LogP contribution >= 0.6 is 11.8 Å². The van der Waals surface area contributed by atoms with Crippen LogP contribution < -0.4 is 11.1 Å². The van der Waals surface area contributed by atoms with Crippen molar-refractivity contribution in [3.8, 4) is 0 Å². The van der Waals surface area contributed by atoms with Crippen LogP contribution in [0.1, 0.15) is 27.6 Å². The second-order valence-corrected chi connectivity index (χ2v) is 5.06. The zero-order valence-corrected chi connectivity index (χ0v) is 11.9. The van der Waals surface area contributed by atoms with Gasteiger partial charge in [-0.25, -0.2) is 0 Å². The third kappa shape index (κ3) is 3.70. The van der Waals surface area contributed by atoms with Crippen molar-refractivity contribution in [3.05, 3.63) is 39.4 Å². The average molecular weight is 297 g/mol. The molecule has 20 heavy (non-hydrogen) atoms. The summed E-state index contributed by atoms with van der Waals surface area (Å²) in [4.78, 5) is 33.8. The number of amides is 2. The number of benzene rings is 1. The molecule has 0 aliphatic carbocycles. The maximum Gasteiger partial charge on any atom is 0.282 e. The summed E-state index contributed by atoms with van der Waals surface area (Å²) in [6.45, 7) is 1.77. The molecule has 0 saturated carbocycles. The molecule has 0 saturated heterocycles. The van der Waals surface area contributed by atoms with Gasteiger partial charge in [0.2, 0.25) is 5.91 Å². The monoisotopic (exact) mass is 297 g/mol. The minimum atomic E-state index is -0.878. The van der Waals surface area contributed by atoms with Gasteiger partial charge in [-0.1, -0.05) is 6.07 Å². The number of nitro benzene ring substituents is 1. The van der Waals surface area contributed by atoms with Gasteiger partial charge in [-0.15, -0.1) is 0 Å². The van der Waals surface area contributed by atoms with E-state index in [4.69, 9.17) is 5.73 Å². The Morgan fingerprint density at radius 1 is 1.50 bits per heavy atom. The van der Waals surface area contributed by atoms with E-state index in [0.717, 1.165) is 0 Å². The highest BCUT2D eigenvalue weighted by atomic mass is 32.2. The van der Waals surface area contributed by atoms with Crippen molar-refractivity contribution >= 4 is 29.3 Å². The standard InChI is InChI=1S/C12H15N3O4S/c1-7(6-20-2)14-12(17)10-8(11(13)16)4-3-5-9(10)15(18)19/h3-5,7H,6H2,1-2H3,(H2,13,16)(H,14,17). The lowest BCUT2D eigenvalue weighted by molar-refractivity contribution is -0.385. The second-order valence-electron chi connectivity index (χ2n) is 4.15. The quantitative estimate of drug-likeness (QED) is 0.604. The van der Waals surface area contributed by atoms with Crippen LogP contribution in [-0.2, 0) is 0 Å². The lowest BCUT2D eigenvalue weighted by Gasteiger charge is -2.13. The molecular formula is C12H15N3O4S. The SMILES string of the molecule is CSCC(C)NC(=O)c1c(C(N)=O)cccc1[N+](=O)[O-]. The third-order valence-corrected chi connectivity index (χ3v) is 3.36. The molecule has 1 unspecified atom stereocenters. The Bertz CT molecular complexity index is 515. The summed E-state index contributed by atoms with van der Waals surface area (Å²) in [7, 11) is 0. The molecule has 1 aromatic carbocycles. The predicted molar refractivity (Wildman–Crippen MR) is 76.9 cm³/mol. The maximum absolute atomic E-state index is 12.1. The van der Waals surface area contributed by atoms with Gasteiger partial charge in [-0.2, -0.15) is 11.8 Å². The molecule has 0 aliphatic heterocycles. The number of carbonyl (C=O) groups excluding carboxylic acids is 2. The smallest absolute Gasteiger partial charge is 0.282 e. The van der Waals surface area contributed by atoms with Crippen LogP contribution in [-0.4, -0.2) is 34.8 Å². The molecule has 1 aromatic rings. The third-order valence-electron chi connectivity index (χ3n) is 2.53. The number of hydrogen-bond acceptors (Lipinski definition) is 5. The summed E-state index contributed by atoms with van der Waals surface area (Å²) >= 11 is 1.53. The Labute approximate surface area is 120 Å². The van der Waals surface area contributed by atoms with Gasteiger partial charge in [-0.3, -0.25) is 19.7 Å². The Kier molecular flexibility index (Phi) is 5.51. The first-order valence-electron chi connectivity index (χ1n) is 5.75. The minimum Gasteiger partial charge on any atom is -0.366 e. The Morgan fingerprint density at radius 3 is 2.65 bits per heavy atom. The molecule has 0 radical (unpaired) electrons. The van der Waals surface area contributed by atoms with Gasteiger partial charge < -0.3 is 11.1 Å². The van der Waals surface area contributed by atoms with Gasteiger partial charge in [0.15, 0.2) is 0 Å². The van der Waals surface area contributed by atoms with Gasteiger partial charge >= 0.3 is 0 Å². The van der Waals surface area contributed by atoms with E-state index >= 15 is 0 Å². The molecule has 0 aromatic heterocycles. The number of nitrogens with one attached hydrogen (secondary N) is 1. The van der Waals surface area contributed by atoms with E-state index in [1.54, 1.807) is 6.92 Å². The summed E-state index contributed by atoms with van der Waals surface area (Å²) in [5.41, 5.74) is 4.28. The first-order chi connectivity index (χ1) is 9.38. The number of nitrogens with two attached hydrogens (primary N) is 1. The maximum atomic E-state index is 12.1. The minimum absolute atomic E-state index is 0.159. The normalized spacial score (nSPS) is 11.7. The molecule has 1 atom stereocenters. The molecule has 0 bridgehead atoms. The molecule has 0 aliphatic rings. The van der Waals surface area contributed by atoms with E-state index in [-0.39, 0.29) is 17.2 Å². The Balaban J connectivity index is 3.22. The highest BCUT2D eigenvalue weighted by molar-refractivity contribution is 7.98. The van der Waals surface area contributed by atoms with Crippen molar-refractivity contribution in [2.24, 2.45) is 5.73 Å². The molecule has 0 fully saturated rings. The molecule has 0 heterocycles. The fourth-order valence-electron chi connectivity index (χ4n) is 1.72. The molecule has 0 spiro atoms. The molecule has 7 nitrogen and oxygen atoms in total. The van der Waals surface area contributed by atoms with Crippen molar-refractivity contribution in [2.45, 2.75) is 13.0 Å². The number of primary amides is 1. The van der Waals surface area contributed by atoms with Gasteiger partial charge in [0, 0.05) is 17.9 Å². The zero-order chi connectivity index (χ0) is 15.3. The van der Waals surface area contributed by atoms with Crippen molar-refractivity contribution in [2.75, 3.05) is 12.0 Å². The van der Waals surface area contributed by atoms with Crippen LogP contribution in [0.5, 0.6) is 0 Å². The Hall–Kier alpha value is -2.09. The van der Waals surface area contributed by atoms with Crippen LogP contribution in [0.2, 0.25) is 0 Å². The zero-order valence-electron chi connectivity index (χ0n) is 11.1. The van der Waals surface area contributed by atoms with Gasteiger partial charge in [-0.05, 0) is 19.2 Å². The topological polar surface area (TPSA) is 115 Å². The Morgan fingerprint density at radius 2 is 2.15 bits per heavy atom. The lowest BCUT2D eigenvalue weighted by atomic mass is 10.0. The van der Waals surface area contributed by atoms with Gasteiger partial charge in [0.1, 0.15) is 5.56 Å². The van der Waals surface area contributed by atoms with Crippen LogP contribution in [0.4, 0.5) is 5.69 Å². The second kappa shape index (κ2) is 6.90. The number of nitrogens with zero attached hydrogens (tertiary/aromatic N) is 1. The van der Waals surface area contributed by atoms with E-state index in [0.29, 0.717) is 5.75 Å². The van der Waals surface area contributed by atoms with Crippen LogP contribution in [0.15, 0.2) is 18.2 Å². The van der Waals surface area contributed by atoms with E-state index in [1.807, 2.05) is 6.26 Å². The highest BCUT2D eigenvalue weighted by Crippen LogP contribution is 2.22. The molecule has 8 heteroatoms.